The van der Waals surface area contributed by atoms with Crippen molar-refractivity contribution in [2.24, 2.45) is 21.1 Å². The van der Waals surface area contributed by atoms with Crippen LogP contribution in [0.4, 0.5) is 0 Å². The van der Waals surface area contributed by atoms with Crippen molar-refractivity contribution in [2.45, 2.75) is 19.4 Å². The van der Waals surface area contributed by atoms with Crippen LogP contribution in [0, 0.1) is 0 Å². The molecule has 0 atom stereocenters. The van der Waals surface area contributed by atoms with Crippen LogP contribution < -0.4 is 0 Å². The molecule has 0 saturated carbocycles. The summed E-state index contributed by atoms with van der Waals surface area (Å²) in [5.74, 6) is 0. The van der Waals surface area contributed by atoms with E-state index in [1.807, 2.05) is 72.0 Å². The number of imidazole rings is 3. The van der Waals surface area contributed by atoms with E-state index in [0.717, 1.165) is 15.5 Å². The maximum Gasteiger partial charge on any atom is 0.169 e. The Bertz CT molecular complexity index is 646. The van der Waals surface area contributed by atoms with Crippen molar-refractivity contribution in [2.75, 3.05) is 0 Å². The minimum Gasteiger partial charge on any atom is -0.329 e. The van der Waals surface area contributed by atoms with E-state index in [2.05, 4.69) is 15.0 Å². The van der Waals surface area contributed by atoms with Gasteiger partial charge in [0.15, 0.2) is 15.5 Å². The molecule has 9 heteroatoms. The number of hydrogen-bond acceptors (Lipinski definition) is 6. The molecule has 116 valence electrons. The fourth-order valence-electron chi connectivity index (χ4n) is 1.73. The molecule has 0 amide bonds. The third-order valence-corrected chi connectivity index (χ3v) is 7.06. The first-order chi connectivity index (χ1) is 10.6. The molecule has 0 fully saturated rings. The van der Waals surface area contributed by atoms with Crippen molar-refractivity contribution in [1.29, 1.82) is 0 Å². The predicted molar refractivity (Wildman–Crippen MR) is 91.0 cm³/mol. The van der Waals surface area contributed by atoms with Crippen molar-refractivity contribution < 1.29 is 0 Å². The van der Waals surface area contributed by atoms with Gasteiger partial charge in [0.05, 0.1) is 0 Å². The lowest BCUT2D eigenvalue weighted by Crippen LogP contribution is -2.01. The smallest absolute Gasteiger partial charge is 0.169 e. The molecule has 3 heterocycles. The van der Waals surface area contributed by atoms with Crippen molar-refractivity contribution in [3.8, 4) is 0 Å². The van der Waals surface area contributed by atoms with E-state index in [1.165, 1.54) is 0 Å². The second-order valence-corrected chi connectivity index (χ2v) is 8.72. The Morgan fingerprint density at radius 1 is 0.682 bits per heavy atom. The standard InChI is InChI=1S/C13H16N6S3/c1-17-7-4-14-10(17)20-13(21-11-15-5-8-18(11)2)22-12-16-6-9-19(12)3/h4-9,13H,1-3H3. The Hall–Kier alpha value is -1.32. The highest BCUT2D eigenvalue weighted by Gasteiger charge is 2.20. The minimum atomic E-state index is 0.170. The van der Waals surface area contributed by atoms with Crippen molar-refractivity contribution in [1.82, 2.24) is 28.7 Å². The first-order valence-electron chi connectivity index (χ1n) is 6.55. The molecule has 0 radical (unpaired) electrons. The molecule has 0 aromatic carbocycles. The van der Waals surface area contributed by atoms with Gasteiger partial charge < -0.3 is 13.7 Å². The quantitative estimate of drug-likeness (QED) is 0.502. The molecule has 0 bridgehead atoms. The lowest BCUT2D eigenvalue weighted by atomic mass is 10.9. The number of thioether (sulfide) groups is 3. The first kappa shape index (κ1) is 15.6. The molecule has 0 saturated heterocycles. The van der Waals surface area contributed by atoms with Gasteiger partial charge in [-0.2, -0.15) is 0 Å². The lowest BCUT2D eigenvalue weighted by Gasteiger charge is -2.14. The summed E-state index contributed by atoms with van der Waals surface area (Å²) in [6, 6.07) is 0. The van der Waals surface area contributed by atoms with Crippen molar-refractivity contribution in [3.63, 3.8) is 0 Å². The average Bonchev–Trinajstić information content (AvgIpc) is 3.17. The number of aryl methyl sites for hydroxylation is 3. The Labute approximate surface area is 141 Å². The molecule has 3 aromatic heterocycles. The molecular formula is C13H16N6S3. The van der Waals surface area contributed by atoms with Crippen LogP contribution in [0.1, 0.15) is 0 Å². The zero-order valence-corrected chi connectivity index (χ0v) is 14.9. The van der Waals surface area contributed by atoms with Gasteiger partial charge >= 0.3 is 0 Å². The van der Waals surface area contributed by atoms with E-state index in [1.54, 1.807) is 35.3 Å². The van der Waals surface area contributed by atoms with E-state index in [-0.39, 0.29) is 3.91 Å². The lowest BCUT2D eigenvalue weighted by molar-refractivity contribution is 0.785. The van der Waals surface area contributed by atoms with Crippen LogP contribution in [-0.4, -0.2) is 32.6 Å². The third kappa shape index (κ3) is 3.53. The molecule has 3 rings (SSSR count). The predicted octanol–water partition coefficient (Wildman–Crippen LogP) is 2.85. The van der Waals surface area contributed by atoms with Crippen LogP contribution in [0.2, 0.25) is 0 Å². The largest absolute Gasteiger partial charge is 0.329 e. The van der Waals surface area contributed by atoms with E-state index >= 15 is 0 Å². The summed E-state index contributed by atoms with van der Waals surface area (Å²) in [5.41, 5.74) is 0. The van der Waals surface area contributed by atoms with Crippen LogP contribution in [0.25, 0.3) is 0 Å². The van der Waals surface area contributed by atoms with Gasteiger partial charge in [0.25, 0.3) is 0 Å². The number of hydrogen-bond donors (Lipinski definition) is 0. The number of nitrogens with zero attached hydrogens (tertiary/aromatic N) is 6. The fourth-order valence-corrected chi connectivity index (χ4v) is 5.42. The maximum absolute atomic E-state index is 4.40. The molecule has 0 aliphatic carbocycles. The summed E-state index contributed by atoms with van der Waals surface area (Å²) in [6.45, 7) is 0. The molecule has 3 aromatic rings. The fraction of sp³-hybridized carbons (Fsp3) is 0.308. The van der Waals surface area contributed by atoms with E-state index in [4.69, 9.17) is 0 Å². The molecule has 0 aliphatic heterocycles. The third-order valence-electron chi connectivity index (χ3n) is 2.94. The highest BCUT2D eigenvalue weighted by atomic mass is 32.3. The minimum absolute atomic E-state index is 0.170. The summed E-state index contributed by atoms with van der Waals surface area (Å²) in [5, 5.41) is 2.94. The molecule has 0 spiro atoms. The molecule has 6 nitrogen and oxygen atoms in total. The van der Waals surface area contributed by atoms with E-state index in [9.17, 15) is 0 Å². The summed E-state index contributed by atoms with van der Waals surface area (Å²) in [4.78, 5) is 13.2. The monoisotopic (exact) mass is 352 g/mol. The van der Waals surface area contributed by atoms with Gasteiger partial charge in [-0.05, 0) is 0 Å². The summed E-state index contributed by atoms with van der Waals surface area (Å²) in [6.07, 6.45) is 11.3. The Balaban J connectivity index is 1.80. The van der Waals surface area contributed by atoms with Crippen LogP contribution in [-0.2, 0) is 21.1 Å². The van der Waals surface area contributed by atoms with Gasteiger partial charge in [0, 0.05) is 58.3 Å². The molecule has 22 heavy (non-hydrogen) atoms. The first-order valence-corrected chi connectivity index (χ1v) is 9.19. The van der Waals surface area contributed by atoms with E-state index in [0.29, 0.717) is 0 Å². The molecule has 0 unspecified atom stereocenters. The van der Waals surface area contributed by atoms with Gasteiger partial charge in [0.2, 0.25) is 0 Å². The van der Waals surface area contributed by atoms with Gasteiger partial charge in [-0.3, -0.25) is 0 Å². The van der Waals surface area contributed by atoms with E-state index < -0.39 is 0 Å². The molecule has 0 aliphatic rings. The van der Waals surface area contributed by atoms with Crippen LogP contribution in [0.15, 0.2) is 52.7 Å². The zero-order chi connectivity index (χ0) is 15.5. The number of rotatable bonds is 6. The number of aromatic nitrogens is 6. The van der Waals surface area contributed by atoms with Gasteiger partial charge in [-0.15, -0.1) is 0 Å². The average molecular weight is 353 g/mol. The highest BCUT2D eigenvalue weighted by molar-refractivity contribution is 8.32. The normalized spacial score (nSPS) is 11.5. The van der Waals surface area contributed by atoms with Crippen LogP contribution in [0.5, 0.6) is 0 Å². The Kier molecular flexibility index (Phi) is 4.84. The summed E-state index contributed by atoms with van der Waals surface area (Å²) in [7, 11) is 6.01. The Morgan fingerprint density at radius 2 is 1.00 bits per heavy atom. The second kappa shape index (κ2) is 6.84. The summed E-state index contributed by atoms with van der Waals surface area (Å²) >= 11 is 5.12. The topological polar surface area (TPSA) is 53.5 Å². The zero-order valence-electron chi connectivity index (χ0n) is 12.4. The Morgan fingerprint density at radius 3 is 1.23 bits per heavy atom. The summed E-state index contributed by atoms with van der Waals surface area (Å²) < 4.78 is 6.24. The van der Waals surface area contributed by atoms with Crippen LogP contribution in [0.3, 0.4) is 0 Å². The highest BCUT2D eigenvalue weighted by Crippen LogP contribution is 2.43. The van der Waals surface area contributed by atoms with Gasteiger partial charge in [-0.25, -0.2) is 15.0 Å². The van der Waals surface area contributed by atoms with Crippen molar-refractivity contribution in [3.05, 3.63) is 37.2 Å². The van der Waals surface area contributed by atoms with Crippen LogP contribution >= 0.6 is 35.3 Å². The van der Waals surface area contributed by atoms with Gasteiger partial charge in [-0.1, -0.05) is 35.3 Å². The SMILES string of the molecule is Cn1ccnc1SC(Sc1nccn1C)Sc1nccn1C. The molecular weight excluding hydrogens is 336 g/mol. The maximum atomic E-state index is 4.40. The van der Waals surface area contributed by atoms with Gasteiger partial charge in [0.1, 0.15) is 3.91 Å². The van der Waals surface area contributed by atoms with Crippen molar-refractivity contribution >= 4 is 35.3 Å². The second-order valence-electron chi connectivity index (χ2n) is 4.60. The molecule has 0 N–H and O–H groups in total.